The van der Waals surface area contributed by atoms with Crippen LogP contribution >= 0.6 is 11.6 Å². The van der Waals surface area contributed by atoms with Crippen molar-refractivity contribution in [2.75, 3.05) is 7.11 Å². The summed E-state index contributed by atoms with van der Waals surface area (Å²) < 4.78 is 80.1. The second-order valence-corrected chi connectivity index (χ2v) is 4.12. The Morgan fingerprint density at radius 2 is 1.71 bits per heavy atom. The van der Waals surface area contributed by atoms with Crippen molar-refractivity contribution in [3.63, 3.8) is 0 Å². The first-order valence-corrected chi connectivity index (χ1v) is 5.52. The molecule has 0 saturated heterocycles. The third kappa shape index (κ3) is 4.04. The second kappa shape index (κ2) is 5.85. The molecule has 1 aromatic rings. The van der Waals surface area contributed by atoms with Crippen LogP contribution in [0.5, 0.6) is 5.75 Å². The van der Waals surface area contributed by atoms with Crippen molar-refractivity contribution in [3.8, 4) is 11.8 Å². The van der Waals surface area contributed by atoms with E-state index in [1.54, 1.807) is 0 Å². The van der Waals surface area contributed by atoms with E-state index in [1.165, 1.54) is 0 Å². The molecular weight excluding hydrogens is 324 g/mol. The van der Waals surface area contributed by atoms with Crippen molar-refractivity contribution in [2.24, 2.45) is 0 Å². The zero-order valence-electron chi connectivity index (χ0n) is 10.2. The number of methoxy groups -OCH3 is 1. The van der Waals surface area contributed by atoms with E-state index in [0.717, 1.165) is 19.2 Å². The summed E-state index contributed by atoms with van der Waals surface area (Å²) in [5, 5.41) is 6.96. The molecule has 0 spiro atoms. The lowest BCUT2D eigenvalue weighted by atomic mass is 10.0. The summed E-state index contributed by atoms with van der Waals surface area (Å²) in [5.74, 6) is -0.348. The molecule has 1 rings (SSSR count). The van der Waals surface area contributed by atoms with Crippen LogP contribution in [0.2, 0.25) is 0 Å². The summed E-state index contributed by atoms with van der Waals surface area (Å²) in [6.07, 6.45) is -9.86. The van der Waals surface area contributed by atoms with Gasteiger partial charge in [-0.25, -0.2) is 0 Å². The van der Waals surface area contributed by atoms with Crippen LogP contribution in [0.4, 0.5) is 26.3 Å². The number of hydrogen-bond acceptors (Lipinski definition) is 2. The average molecular weight is 330 g/mol. The minimum atomic E-state index is -5.05. The molecule has 21 heavy (non-hydrogen) atoms. The van der Waals surface area contributed by atoms with Gasteiger partial charge in [0.15, 0.2) is 0 Å². The van der Waals surface area contributed by atoms with Crippen LogP contribution in [0.3, 0.4) is 0 Å². The van der Waals surface area contributed by atoms with Crippen molar-refractivity contribution in [2.45, 2.75) is 12.4 Å². The summed E-state index contributed by atoms with van der Waals surface area (Å²) in [4.78, 5) is 0. The second-order valence-electron chi connectivity index (χ2n) is 3.75. The van der Waals surface area contributed by atoms with E-state index in [9.17, 15) is 26.3 Å². The van der Waals surface area contributed by atoms with Gasteiger partial charge in [-0.3, -0.25) is 0 Å². The molecular formula is C12H6ClF6NO. The van der Waals surface area contributed by atoms with Crippen LogP contribution in [0.15, 0.2) is 23.2 Å². The number of hydrogen-bond donors (Lipinski definition) is 0. The van der Waals surface area contributed by atoms with Crippen molar-refractivity contribution in [1.82, 2.24) is 0 Å². The molecule has 9 heteroatoms. The molecule has 0 N–H and O–H groups in total. The van der Waals surface area contributed by atoms with Crippen molar-refractivity contribution >= 4 is 17.2 Å². The van der Waals surface area contributed by atoms with E-state index in [1.807, 2.05) is 0 Å². The predicted molar refractivity (Wildman–Crippen MR) is 62.4 cm³/mol. The Labute approximate surface area is 120 Å². The van der Waals surface area contributed by atoms with Gasteiger partial charge in [0.25, 0.3) is 0 Å². The normalized spacial score (nSPS) is 13.5. The fourth-order valence-corrected chi connectivity index (χ4v) is 1.56. The molecule has 0 saturated carbocycles. The van der Waals surface area contributed by atoms with Gasteiger partial charge in [0.2, 0.25) is 0 Å². The third-order valence-electron chi connectivity index (χ3n) is 2.34. The highest BCUT2D eigenvalue weighted by molar-refractivity contribution is 6.34. The summed E-state index contributed by atoms with van der Waals surface area (Å²) >= 11 is 5.03. The fraction of sp³-hybridized carbons (Fsp3) is 0.250. The first-order chi connectivity index (χ1) is 9.50. The standard InChI is InChI=1S/C12H6ClF6NO/c1-21-8-3-6(2-7(4-8)11(14,15)16)9(5-20)10(13)12(17,18)19/h2-4H,1H3. The van der Waals surface area contributed by atoms with Gasteiger partial charge >= 0.3 is 12.4 Å². The number of rotatable bonds is 2. The molecule has 0 aliphatic carbocycles. The predicted octanol–water partition coefficient (Wildman–Crippen LogP) is 4.75. The third-order valence-corrected chi connectivity index (χ3v) is 2.74. The molecule has 114 valence electrons. The lowest BCUT2D eigenvalue weighted by Gasteiger charge is -2.13. The molecule has 0 radical (unpaired) electrons. The van der Waals surface area contributed by atoms with Gasteiger partial charge in [0.1, 0.15) is 16.9 Å². The van der Waals surface area contributed by atoms with Crippen LogP contribution in [0, 0.1) is 11.3 Å². The zero-order valence-corrected chi connectivity index (χ0v) is 11.0. The number of nitriles is 1. The molecule has 0 amide bonds. The molecule has 0 aromatic heterocycles. The monoisotopic (exact) mass is 329 g/mol. The highest BCUT2D eigenvalue weighted by Gasteiger charge is 2.37. The van der Waals surface area contributed by atoms with Gasteiger partial charge in [-0.05, 0) is 23.8 Å². The molecule has 1 aromatic carbocycles. The highest BCUT2D eigenvalue weighted by atomic mass is 35.5. The lowest BCUT2D eigenvalue weighted by molar-refractivity contribution is -0.137. The summed E-state index contributed by atoms with van der Waals surface area (Å²) in [5.41, 5.74) is -3.00. The molecule has 0 aliphatic rings. The SMILES string of the molecule is COc1cc(C(C#N)=C(Cl)C(F)(F)F)cc(C(F)(F)F)c1. The number of benzene rings is 1. The summed E-state index contributed by atoms with van der Waals surface area (Å²) in [7, 11) is 1.04. The largest absolute Gasteiger partial charge is 0.497 e. The van der Waals surface area contributed by atoms with Gasteiger partial charge in [0, 0.05) is 0 Å². The Balaban J connectivity index is 3.60. The van der Waals surface area contributed by atoms with E-state index in [4.69, 9.17) is 16.9 Å². The van der Waals surface area contributed by atoms with Gasteiger partial charge in [-0.2, -0.15) is 31.6 Å². The zero-order chi connectivity index (χ0) is 16.4. The van der Waals surface area contributed by atoms with Crippen LogP contribution in [-0.2, 0) is 6.18 Å². The van der Waals surface area contributed by atoms with Gasteiger partial charge in [-0.1, -0.05) is 11.6 Å². The smallest absolute Gasteiger partial charge is 0.428 e. The number of ether oxygens (including phenoxy) is 1. The number of allylic oxidation sites excluding steroid dienone is 2. The number of alkyl halides is 6. The molecule has 0 heterocycles. The van der Waals surface area contributed by atoms with Crippen molar-refractivity contribution in [1.29, 1.82) is 5.26 Å². The topological polar surface area (TPSA) is 33.0 Å². The maximum Gasteiger partial charge on any atom is 0.428 e. The molecule has 2 nitrogen and oxygen atoms in total. The maximum atomic E-state index is 12.7. The van der Waals surface area contributed by atoms with E-state index < -0.39 is 34.1 Å². The molecule has 0 fully saturated rings. The molecule has 0 bridgehead atoms. The molecule has 0 aliphatic heterocycles. The highest BCUT2D eigenvalue weighted by Crippen LogP contribution is 2.38. The Bertz CT molecular complexity index is 612. The Morgan fingerprint density at radius 3 is 2.10 bits per heavy atom. The van der Waals surface area contributed by atoms with Crippen LogP contribution in [0.1, 0.15) is 11.1 Å². The molecule has 0 unspecified atom stereocenters. The van der Waals surface area contributed by atoms with E-state index in [0.29, 0.717) is 12.1 Å². The van der Waals surface area contributed by atoms with Crippen LogP contribution < -0.4 is 4.74 Å². The maximum absolute atomic E-state index is 12.7. The van der Waals surface area contributed by atoms with Gasteiger partial charge < -0.3 is 4.74 Å². The number of halogens is 7. The number of nitrogens with zero attached hydrogens (tertiary/aromatic N) is 1. The summed E-state index contributed by atoms with van der Waals surface area (Å²) in [6, 6.07) is 3.02. The Kier molecular flexibility index (Phi) is 4.79. The Hall–Kier alpha value is -1.88. The Morgan fingerprint density at radius 1 is 1.14 bits per heavy atom. The quantitative estimate of drug-likeness (QED) is 0.579. The minimum Gasteiger partial charge on any atom is -0.497 e. The first kappa shape index (κ1) is 17.2. The fourth-order valence-electron chi connectivity index (χ4n) is 1.41. The van der Waals surface area contributed by atoms with Crippen LogP contribution in [0.25, 0.3) is 5.57 Å². The average Bonchev–Trinajstić information content (AvgIpc) is 2.37. The van der Waals surface area contributed by atoms with Crippen molar-refractivity contribution in [3.05, 3.63) is 34.4 Å². The van der Waals surface area contributed by atoms with E-state index in [-0.39, 0.29) is 5.75 Å². The van der Waals surface area contributed by atoms with E-state index >= 15 is 0 Å². The van der Waals surface area contributed by atoms with E-state index in [2.05, 4.69) is 4.74 Å². The van der Waals surface area contributed by atoms with Crippen LogP contribution in [-0.4, -0.2) is 13.3 Å². The van der Waals surface area contributed by atoms with Gasteiger partial charge in [0.05, 0.1) is 18.2 Å². The molecule has 0 atom stereocenters. The van der Waals surface area contributed by atoms with Crippen molar-refractivity contribution < 1.29 is 31.1 Å². The lowest BCUT2D eigenvalue weighted by Crippen LogP contribution is -2.10. The summed E-state index contributed by atoms with van der Waals surface area (Å²) in [6.45, 7) is 0. The first-order valence-electron chi connectivity index (χ1n) is 5.14. The minimum absolute atomic E-state index is 0.348. The van der Waals surface area contributed by atoms with Gasteiger partial charge in [-0.15, -0.1) is 0 Å².